The van der Waals surface area contributed by atoms with Crippen LogP contribution in [0, 0.1) is 6.92 Å². The molecule has 1 fully saturated rings. The molecule has 2 N–H and O–H groups in total. The Labute approximate surface area is 153 Å². The number of para-hydroxylation sites is 2. The summed E-state index contributed by atoms with van der Waals surface area (Å²) in [6.07, 6.45) is 1.85. The van der Waals surface area contributed by atoms with Crippen LogP contribution < -0.4 is 15.5 Å². The molecule has 2 amide bonds. The lowest BCUT2D eigenvalue weighted by atomic mass is 10.1. The topological polar surface area (TPSA) is 61.4 Å². The average Bonchev–Trinajstić information content (AvgIpc) is 3.05. The number of rotatable bonds is 4. The van der Waals surface area contributed by atoms with E-state index in [1.165, 1.54) is 11.1 Å². The molecule has 0 saturated carbocycles. The second kappa shape index (κ2) is 6.83. The number of fused-ring (bicyclic) bond motifs is 3. The van der Waals surface area contributed by atoms with Crippen LogP contribution >= 0.6 is 0 Å². The third-order valence-corrected chi connectivity index (χ3v) is 5.16. The van der Waals surface area contributed by atoms with Crippen molar-refractivity contribution in [3.8, 4) is 0 Å². The molecule has 2 aromatic rings. The van der Waals surface area contributed by atoms with E-state index in [0.717, 1.165) is 17.8 Å². The van der Waals surface area contributed by atoms with Crippen LogP contribution in [-0.2, 0) is 16.0 Å². The maximum absolute atomic E-state index is 12.4. The number of carbonyl (C=O) groups excluding carboxylic acids is 2. The molecule has 0 bridgehead atoms. The highest BCUT2D eigenvalue weighted by molar-refractivity contribution is 6.04. The second-order valence-electron chi connectivity index (χ2n) is 7.16. The third kappa shape index (κ3) is 3.29. The predicted octanol–water partition coefficient (Wildman–Crippen LogP) is 2.64. The molecule has 2 heterocycles. The van der Waals surface area contributed by atoms with Gasteiger partial charge in [-0.1, -0.05) is 42.0 Å². The molecular formula is C21H23N3O2. The minimum absolute atomic E-state index is 0.00177. The van der Waals surface area contributed by atoms with Crippen molar-refractivity contribution in [2.24, 2.45) is 0 Å². The Kier molecular flexibility index (Phi) is 4.37. The van der Waals surface area contributed by atoms with Crippen LogP contribution in [-0.4, -0.2) is 30.4 Å². The minimum Gasteiger partial charge on any atom is -0.356 e. The molecule has 4 rings (SSSR count). The van der Waals surface area contributed by atoms with Gasteiger partial charge in [-0.15, -0.1) is 0 Å². The Morgan fingerprint density at radius 2 is 2.08 bits per heavy atom. The Morgan fingerprint density at radius 1 is 1.23 bits per heavy atom. The quantitative estimate of drug-likeness (QED) is 0.892. The first-order chi connectivity index (χ1) is 12.6. The van der Waals surface area contributed by atoms with Gasteiger partial charge in [-0.3, -0.25) is 9.59 Å². The highest BCUT2D eigenvalue weighted by Gasteiger charge is 2.41. The number of hydrogen-bond acceptors (Lipinski definition) is 3. The summed E-state index contributed by atoms with van der Waals surface area (Å²) in [5.41, 5.74) is 4.27. The van der Waals surface area contributed by atoms with Crippen LogP contribution in [0.3, 0.4) is 0 Å². The summed E-state index contributed by atoms with van der Waals surface area (Å²) in [5, 5.41) is 6.07. The van der Waals surface area contributed by atoms with E-state index in [1.807, 2.05) is 30.3 Å². The number of anilines is 2. The largest absolute Gasteiger partial charge is 0.356 e. The number of hydrogen-bond donors (Lipinski definition) is 2. The second-order valence-corrected chi connectivity index (χ2v) is 7.16. The number of nitrogens with zero attached hydrogens (tertiary/aromatic N) is 1. The van der Waals surface area contributed by atoms with Gasteiger partial charge in [-0.05, 0) is 37.5 Å². The van der Waals surface area contributed by atoms with Crippen molar-refractivity contribution in [1.82, 2.24) is 5.32 Å². The molecule has 1 saturated heterocycles. The van der Waals surface area contributed by atoms with Gasteiger partial charge in [0.25, 0.3) is 0 Å². The lowest BCUT2D eigenvalue weighted by Crippen LogP contribution is -2.44. The van der Waals surface area contributed by atoms with Crippen molar-refractivity contribution in [3.63, 3.8) is 0 Å². The van der Waals surface area contributed by atoms with E-state index < -0.39 is 0 Å². The average molecular weight is 349 g/mol. The molecule has 134 valence electrons. The molecule has 2 aromatic carbocycles. The molecular weight excluding hydrogens is 326 g/mol. The first-order valence-electron chi connectivity index (χ1n) is 9.11. The van der Waals surface area contributed by atoms with Gasteiger partial charge >= 0.3 is 0 Å². The van der Waals surface area contributed by atoms with Crippen molar-refractivity contribution < 1.29 is 9.59 Å². The fourth-order valence-corrected chi connectivity index (χ4v) is 3.93. The molecule has 0 aromatic heterocycles. The van der Waals surface area contributed by atoms with E-state index in [9.17, 15) is 9.59 Å². The minimum atomic E-state index is -0.202. The Hall–Kier alpha value is -2.82. The molecule has 2 aliphatic heterocycles. The zero-order valence-corrected chi connectivity index (χ0v) is 14.9. The van der Waals surface area contributed by atoms with Gasteiger partial charge in [-0.2, -0.15) is 0 Å². The first-order valence-corrected chi connectivity index (χ1v) is 9.11. The van der Waals surface area contributed by atoms with E-state index >= 15 is 0 Å². The zero-order valence-electron chi connectivity index (χ0n) is 14.9. The van der Waals surface area contributed by atoms with E-state index in [-0.39, 0.29) is 23.9 Å². The van der Waals surface area contributed by atoms with Crippen molar-refractivity contribution in [1.29, 1.82) is 0 Å². The van der Waals surface area contributed by atoms with Crippen molar-refractivity contribution >= 4 is 23.2 Å². The normalized spacial score (nSPS) is 21.0. The number of carbonyl (C=O) groups is 2. The zero-order chi connectivity index (χ0) is 18.1. The smallest absolute Gasteiger partial charge is 0.247 e. The van der Waals surface area contributed by atoms with Crippen molar-refractivity contribution in [2.75, 3.05) is 16.8 Å². The van der Waals surface area contributed by atoms with Gasteiger partial charge in [-0.25, -0.2) is 0 Å². The van der Waals surface area contributed by atoms with Crippen LogP contribution in [0.5, 0.6) is 0 Å². The standard InChI is InChI=1S/C21H23N3O2/c1-14-5-4-6-15(11-14)9-10-20(25)22-16-12-19-21(26)23-17-7-2-3-8-18(17)24(19)13-16/h2-8,11,16,19H,9-10,12-13H2,1H3,(H,22,25)(H,23,26). The Morgan fingerprint density at radius 3 is 2.92 bits per heavy atom. The molecule has 0 radical (unpaired) electrons. The molecule has 2 unspecified atom stereocenters. The molecule has 5 heteroatoms. The number of benzene rings is 2. The van der Waals surface area contributed by atoms with Crippen LogP contribution in [0.25, 0.3) is 0 Å². The first kappa shape index (κ1) is 16.6. The van der Waals surface area contributed by atoms with Crippen molar-refractivity contribution in [3.05, 3.63) is 59.7 Å². The maximum Gasteiger partial charge on any atom is 0.247 e. The number of nitrogens with one attached hydrogen (secondary N) is 2. The van der Waals surface area contributed by atoms with E-state index in [1.54, 1.807) is 0 Å². The summed E-state index contributed by atoms with van der Waals surface area (Å²) in [6.45, 7) is 2.73. The SMILES string of the molecule is Cc1cccc(CCC(=O)NC2CC3C(=O)Nc4ccccc4N3C2)c1. The highest BCUT2D eigenvalue weighted by atomic mass is 16.2. The monoisotopic (exact) mass is 349 g/mol. The van der Waals surface area contributed by atoms with Gasteiger partial charge in [0.05, 0.1) is 11.4 Å². The number of amides is 2. The van der Waals surface area contributed by atoms with E-state index in [0.29, 0.717) is 19.4 Å². The van der Waals surface area contributed by atoms with Gasteiger partial charge in [0, 0.05) is 19.0 Å². The van der Waals surface area contributed by atoms with Crippen LogP contribution in [0.15, 0.2) is 48.5 Å². The fraction of sp³-hybridized carbons (Fsp3) is 0.333. The van der Waals surface area contributed by atoms with Crippen LogP contribution in [0.4, 0.5) is 11.4 Å². The summed E-state index contributed by atoms with van der Waals surface area (Å²) in [5.74, 6) is 0.0604. The summed E-state index contributed by atoms with van der Waals surface area (Å²) in [7, 11) is 0. The fourth-order valence-electron chi connectivity index (χ4n) is 3.93. The van der Waals surface area contributed by atoms with Crippen LogP contribution in [0.2, 0.25) is 0 Å². The predicted molar refractivity (Wildman–Crippen MR) is 102 cm³/mol. The van der Waals surface area contributed by atoms with E-state index in [2.05, 4.69) is 40.7 Å². The summed E-state index contributed by atoms with van der Waals surface area (Å²) in [6, 6.07) is 15.9. The Bertz CT molecular complexity index is 849. The molecule has 0 aliphatic carbocycles. The summed E-state index contributed by atoms with van der Waals surface area (Å²) >= 11 is 0. The summed E-state index contributed by atoms with van der Waals surface area (Å²) in [4.78, 5) is 26.8. The molecule has 2 atom stereocenters. The number of aryl methyl sites for hydroxylation is 2. The molecule has 26 heavy (non-hydrogen) atoms. The third-order valence-electron chi connectivity index (χ3n) is 5.16. The Balaban J connectivity index is 1.37. The van der Waals surface area contributed by atoms with E-state index in [4.69, 9.17) is 0 Å². The van der Waals surface area contributed by atoms with Gasteiger partial charge in [0.1, 0.15) is 6.04 Å². The molecule has 5 nitrogen and oxygen atoms in total. The molecule has 2 aliphatic rings. The molecule has 0 spiro atoms. The van der Waals surface area contributed by atoms with Crippen molar-refractivity contribution in [2.45, 2.75) is 38.3 Å². The summed E-state index contributed by atoms with van der Waals surface area (Å²) < 4.78 is 0. The lowest BCUT2D eigenvalue weighted by Gasteiger charge is -2.32. The van der Waals surface area contributed by atoms with Crippen LogP contribution in [0.1, 0.15) is 24.0 Å². The highest BCUT2D eigenvalue weighted by Crippen LogP contribution is 2.36. The van der Waals surface area contributed by atoms with Gasteiger partial charge in [0.2, 0.25) is 11.8 Å². The maximum atomic E-state index is 12.4. The van der Waals surface area contributed by atoms with Gasteiger partial charge < -0.3 is 15.5 Å². The van der Waals surface area contributed by atoms with Gasteiger partial charge in [0.15, 0.2) is 0 Å². The lowest BCUT2D eigenvalue weighted by molar-refractivity contribution is -0.122.